The average molecular weight is 266 g/mol. The zero-order valence-electron chi connectivity index (χ0n) is 13.5. The number of hydrogen-bond donors (Lipinski definition) is 1. The second kappa shape index (κ2) is 7.08. The molecule has 0 aromatic rings. The highest BCUT2D eigenvalue weighted by Crippen LogP contribution is 2.36. The molecule has 4 atom stereocenters. The van der Waals surface area contributed by atoms with Crippen molar-refractivity contribution in [1.82, 2.24) is 10.2 Å². The first kappa shape index (κ1) is 15.3. The van der Waals surface area contributed by atoms with Crippen LogP contribution in [0.1, 0.15) is 66.2 Å². The normalized spacial score (nSPS) is 37.1. The quantitative estimate of drug-likeness (QED) is 0.817. The second-order valence-electron chi connectivity index (χ2n) is 6.98. The van der Waals surface area contributed by atoms with Gasteiger partial charge in [0.2, 0.25) is 0 Å². The maximum absolute atomic E-state index is 3.79. The lowest BCUT2D eigenvalue weighted by Gasteiger charge is -2.48. The number of hydrogen-bond acceptors (Lipinski definition) is 2. The van der Waals surface area contributed by atoms with Gasteiger partial charge in [0.25, 0.3) is 0 Å². The molecule has 2 aliphatic carbocycles. The standard InChI is InChI=1S/C17H34N2/c1-5-18-16-12-13(3)11-14(4)17(16)19(6-2)15-9-7-8-10-15/h13-18H,5-12H2,1-4H3. The van der Waals surface area contributed by atoms with Crippen molar-refractivity contribution in [1.29, 1.82) is 0 Å². The van der Waals surface area contributed by atoms with E-state index in [1.54, 1.807) is 0 Å². The molecule has 0 spiro atoms. The molecule has 0 amide bonds. The summed E-state index contributed by atoms with van der Waals surface area (Å²) in [5.74, 6) is 1.73. The van der Waals surface area contributed by atoms with Gasteiger partial charge in [-0.25, -0.2) is 0 Å². The van der Waals surface area contributed by atoms with Crippen molar-refractivity contribution in [2.75, 3.05) is 13.1 Å². The van der Waals surface area contributed by atoms with E-state index in [4.69, 9.17) is 0 Å². The molecule has 0 aromatic carbocycles. The van der Waals surface area contributed by atoms with E-state index in [0.29, 0.717) is 6.04 Å². The van der Waals surface area contributed by atoms with E-state index < -0.39 is 0 Å². The Morgan fingerprint density at radius 3 is 2.32 bits per heavy atom. The SMILES string of the molecule is CCNC1CC(C)CC(C)C1N(CC)C1CCCC1. The maximum Gasteiger partial charge on any atom is 0.0277 e. The summed E-state index contributed by atoms with van der Waals surface area (Å²) < 4.78 is 0. The molecular weight excluding hydrogens is 232 g/mol. The van der Waals surface area contributed by atoms with Crippen LogP contribution in [0, 0.1) is 11.8 Å². The van der Waals surface area contributed by atoms with E-state index >= 15 is 0 Å². The van der Waals surface area contributed by atoms with E-state index in [2.05, 4.69) is 37.9 Å². The molecule has 1 N–H and O–H groups in total. The predicted molar refractivity (Wildman–Crippen MR) is 83.5 cm³/mol. The molecule has 0 saturated heterocycles. The summed E-state index contributed by atoms with van der Waals surface area (Å²) in [6, 6.07) is 2.35. The third-order valence-corrected chi connectivity index (χ3v) is 5.43. The Morgan fingerprint density at radius 1 is 1.05 bits per heavy atom. The van der Waals surface area contributed by atoms with Crippen LogP contribution in [0.2, 0.25) is 0 Å². The minimum absolute atomic E-state index is 0.712. The third kappa shape index (κ3) is 3.52. The van der Waals surface area contributed by atoms with Crippen LogP contribution in [-0.4, -0.2) is 36.1 Å². The number of nitrogens with one attached hydrogen (secondary N) is 1. The molecular formula is C17H34N2. The summed E-state index contributed by atoms with van der Waals surface area (Å²) in [7, 11) is 0. The molecule has 0 bridgehead atoms. The molecule has 4 unspecified atom stereocenters. The number of nitrogens with zero attached hydrogens (tertiary/aromatic N) is 1. The van der Waals surface area contributed by atoms with Gasteiger partial charge in [0.1, 0.15) is 0 Å². The molecule has 112 valence electrons. The van der Waals surface area contributed by atoms with E-state index in [1.807, 2.05) is 0 Å². The Morgan fingerprint density at radius 2 is 1.74 bits per heavy atom. The third-order valence-electron chi connectivity index (χ3n) is 5.43. The van der Waals surface area contributed by atoms with Crippen LogP contribution in [0.25, 0.3) is 0 Å². The zero-order valence-corrected chi connectivity index (χ0v) is 13.5. The van der Waals surface area contributed by atoms with Crippen molar-refractivity contribution in [3.63, 3.8) is 0 Å². The molecule has 0 aliphatic heterocycles. The van der Waals surface area contributed by atoms with E-state index in [0.717, 1.165) is 30.5 Å². The minimum atomic E-state index is 0.712. The highest BCUT2D eigenvalue weighted by atomic mass is 15.2. The molecule has 2 heteroatoms. The Hall–Kier alpha value is -0.0800. The Balaban J connectivity index is 2.10. The van der Waals surface area contributed by atoms with Crippen LogP contribution in [0.3, 0.4) is 0 Å². The van der Waals surface area contributed by atoms with Crippen LogP contribution in [0.5, 0.6) is 0 Å². The van der Waals surface area contributed by atoms with Crippen LogP contribution < -0.4 is 5.32 Å². The predicted octanol–water partition coefficient (Wildman–Crippen LogP) is 3.66. The summed E-state index contributed by atoms with van der Waals surface area (Å²) in [4.78, 5) is 2.86. The maximum atomic E-state index is 3.79. The Kier molecular flexibility index (Phi) is 5.70. The summed E-state index contributed by atoms with van der Waals surface area (Å²) in [6.07, 6.45) is 8.55. The van der Waals surface area contributed by atoms with Gasteiger partial charge in [0, 0.05) is 18.1 Å². The molecule has 19 heavy (non-hydrogen) atoms. The second-order valence-corrected chi connectivity index (χ2v) is 6.98. The van der Waals surface area contributed by atoms with Crippen LogP contribution in [-0.2, 0) is 0 Å². The topological polar surface area (TPSA) is 15.3 Å². The van der Waals surface area contributed by atoms with Gasteiger partial charge in [-0.1, -0.05) is 40.5 Å². The summed E-state index contributed by atoms with van der Waals surface area (Å²) >= 11 is 0. The fourth-order valence-corrected chi connectivity index (χ4v) is 4.81. The first-order chi connectivity index (χ1) is 9.17. The average Bonchev–Trinajstić information content (AvgIpc) is 2.87. The molecule has 2 rings (SSSR count). The van der Waals surface area contributed by atoms with E-state index in [-0.39, 0.29) is 0 Å². The van der Waals surface area contributed by atoms with Crippen LogP contribution >= 0.6 is 0 Å². The van der Waals surface area contributed by atoms with Gasteiger partial charge < -0.3 is 5.32 Å². The first-order valence-electron chi connectivity index (χ1n) is 8.66. The van der Waals surface area contributed by atoms with Crippen LogP contribution in [0.15, 0.2) is 0 Å². The monoisotopic (exact) mass is 266 g/mol. The van der Waals surface area contributed by atoms with E-state index in [1.165, 1.54) is 45.1 Å². The Bertz CT molecular complexity index is 260. The van der Waals surface area contributed by atoms with E-state index in [9.17, 15) is 0 Å². The van der Waals surface area contributed by atoms with Gasteiger partial charge in [0.15, 0.2) is 0 Å². The van der Waals surface area contributed by atoms with Gasteiger partial charge in [-0.3, -0.25) is 4.90 Å². The van der Waals surface area contributed by atoms with Gasteiger partial charge in [0.05, 0.1) is 0 Å². The van der Waals surface area contributed by atoms with Gasteiger partial charge in [-0.2, -0.15) is 0 Å². The molecule has 0 heterocycles. The lowest BCUT2D eigenvalue weighted by atomic mass is 9.75. The lowest BCUT2D eigenvalue weighted by Crippen LogP contribution is -2.58. The first-order valence-corrected chi connectivity index (χ1v) is 8.66. The van der Waals surface area contributed by atoms with Crippen molar-refractivity contribution in [3.8, 4) is 0 Å². The van der Waals surface area contributed by atoms with Crippen molar-refractivity contribution < 1.29 is 0 Å². The lowest BCUT2D eigenvalue weighted by molar-refractivity contribution is 0.0358. The molecule has 0 radical (unpaired) electrons. The van der Waals surface area contributed by atoms with Crippen molar-refractivity contribution in [2.24, 2.45) is 11.8 Å². The smallest absolute Gasteiger partial charge is 0.0277 e. The highest BCUT2D eigenvalue weighted by Gasteiger charge is 2.39. The molecule has 2 nitrogen and oxygen atoms in total. The summed E-state index contributed by atoms with van der Waals surface area (Å²) in [6.45, 7) is 11.9. The largest absolute Gasteiger partial charge is 0.313 e. The minimum Gasteiger partial charge on any atom is -0.313 e. The van der Waals surface area contributed by atoms with Gasteiger partial charge in [-0.05, 0) is 50.6 Å². The molecule has 2 aliphatic rings. The van der Waals surface area contributed by atoms with Crippen molar-refractivity contribution >= 4 is 0 Å². The van der Waals surface area contributed by atoms with Crippen LogP contribution in [0.4, 0.5) is 0 Å². The fraction of sp³-hybridized carbons (Fsp3) is 1.00. The highest BCUT2D eigenvalue weighted by molar-refractivity contribution is 4.96. The summed E-state index contributed by atoms with van der Waals surface area (Å²) in [5, 5.41) is 3.79. The molecule has 0 aromatic heterocycles. The fourth-order valence-electron chi connectivity index (χ4n) is 4.81. The zero-order chi connectivity index (χ0) is 13.8. The number of rotatable bonds is 5. The summed E-state index contributed by atoms with van der Waals surface area (Å²) in [5.41, 5.74) is 0. The van der Waals surface area contributed by atoms with Crippen molar-refractivity contribution in [3.05, 3.63) is 0 Å². The van der Waals surface area contributed by atoms with Gasteiger partial charge in [-0.15, -0.1) is 0 Å². The number of likely N-dealkylation sites (N-methyl/N-ethyl adjacent to an activating group) is 2. The van der Waals surface area contributed by atoms with Gasteiger partial charge >= 0.3 is 0 Å². The molecule has 2 saturated carbocycles. The Labute approximate surface area is 120 Å². The molecule has 2 fully saturated rings. The van der Waals surface area contributed by atoms with Crippen molar-refractivity contribution in [2.45, 2.75) is 84.3 Å².